The van der Waals surface area contributed by atoms with Crippen molar-refractivity contribution in [3.63, 3.8) is 0 Å². The smallest absolute Gasteiger partial charge is 0.352 e. The van der Waals surface area contributed by atoms with Crippen LogP contribution in [0.3, 0.4) is 0 Å². The van der Waals surface area contributed by atoms with Crippen molar-refractivity contribution in [2.24, 2.45) is 0 Å². The summed E-state index contributed by atoms with van der Waals surface area (Å²) in [7, 11) is 0. The Morgan fingerprint density at radius 3 is 2.63 bits per heavy atom. The second kappa shape index (κ2) is 8.48. The molecule has 10 heteroatoms. The van der Waals surface area contributed by atoms with E-state index in [2.05, 4.69) is 25.6 Å². The molecule has 0 radical (unpaired) electrons. The van der Waals surface area contributed by atoms with Gasteiger partial charge in [0.2, 0.25) is 11.9 Å². The summed E-state index contributed by atoms with van der Waals surface area (Å²) in [5.74, 6) is -0.134. The molecule has 3 aromatic heterocycles. The zero-order chi connectivity index (χ0) is 23.9. The third kappa shape index (κ3) is 3.97. The summed E-state index contributed by atoms with van der Waals surface area (Å²) in [6.07, 6.45) is 5.90. The Morgan fingerprint density at radius 2 is 1.86 bits per heavy atom. The van der Waals surface area contributed by atoms with Crippen LogP contribution in [0.2, 0.25) is 0 Å². The summed E-state index contributed by atoms with van der Waals surface area (Å²) in [5.41, 5.74) is 2.03. The lowest BCUT2D eigenvalue weighted by atomic mass is 10.1. The Balaban J connectivity index is 1.28. The predicted octanol–water partition coefficient (Wildman–Crippen LogP) is 3.11. The predicted molar refractivity (Wildman–Crippen MR) is 130 cm³/mol. The molecule has 3 N–H and O–H groups in total. The number of para-hydroxylation sites is 1. The highest BCUT2D eigenvalue weighted by Gasteiger charge is 2.34. The fourth-order valence-electron chi connectivity index (χ4n) is 4.88. The highest BCUT2D eigenvalue weighted by atomic mass is 16.4. The van der Waals surface area contributed by atoms with Crippen LogP contribution in [0.4, 0.5) is 17.5 Å². The van der Waals surface area contributed by atoms with Gasteiger partial charge in [-0.25, -0.2) is 14.8 Å². The van der Waals surface area contributed by atoms with Gasteiger partial charge in [0.25, 0.3) is 0 Å². The molecule has 6 rings (SSSR count). The maximum atomic E-state index is 12.7. The molecule has 0 spiro atoms. The van der Waals surface area contributed by atoms with Crippen LogP contribution in [0, 0.1) is 0 Å². The van der Waals surface area contributed by atoms with E-state index in [1.165, 1.54) is 0 Å². The van der Waals surface area contributed by atoms with Gasteiger partial charge in [-0.2, -0.15) is 4.98 Å². The number of benzene rings is 1. The van der Waals surface area contributed by atoms with Gasteiger partial charge in [-0.05, 0) is 43.2 Å². The number of anilines is 3. The number of rotatable bonds is 5. The number of carbonyl (C=O) groups excluding carboxylic acids is 1. The normalized spacial score (nSPS) is 19.7. The second-order valence-corrected chi connectivity index (χ2v) is 8.85. The molecule has 1 amide bonds. The average Bonchev–Trinajstić information content (AvgIpc) is 3.43. The molecule has 2 unspecified atom stereocenters. The number of fused-ring (bicyclic) bond motifs is 3. The molecule has 5 heterocycles. The van der Waals surface area contributed by atoms with Crippen molar-refractivity contribution >= 4 is 40.4 Å². The number of aromatic carboxylic acids is 1. The topological polar surface area (TPSA) is 125 Å². The first kappa shape index (κ1) is 21.2. The van der Waals surface area contributed by atoms with Crippen molar-refractivity contribution in [2.75, 3.05) is 16.8 Å². The van der Waals surface area contributed by atoms with Crippen molar-refractivity contribution in [2.45, 2.75) is 31.3 Å². The SMILES string of the molecule is O=C(O)c1cc2cnc(Nc3ccc(N4CC5CCC(CC4=O)N5)cn3)nc2n1-c1ccccc1. The van der Waals surface area contributed by atoms with Crippen LogP contribution < -0.4 is 15.5 Å². The Labute approximate surface area is 200 Å². The summed E-state index contributed by atoms with van der Waals surface area (Å²) in [5, 5.41) is 16.9. The van der Waals surface area contributed by atoms with Gasteiger partial charge in [0.15, 0.2) is 5.65 Å². The fraction of sp³-hybridized carbons (Fsp3) is 0.240. The van der Waals surface area contributed by atoms with Crippen molar-refractivity contribution in [1.29, 1.82) is 0 Å². The zero-order valence-electron chi connectivity index (χ0n) is 18.8. The van der Waals surface area contributed by atoms with Gasteiger partial charge in [-0.3, -0.25) is 9.36 Å². The highest BCUT2D eigenvalue weighted by molar-refractivity contribution is 5.95. The fourth-order valence-corrected chi connectivity index (χ4v) is 4.88. The van der Waals surface area contributed by atoms with E-state index in [4.69, 9.17) is 0 Å². The maximum Gasteiger partial charge on any atom is 0.352 e. The van der Waals surface area contributed by atoms with E-state index in [0.717, 1.165) is 18.5 Å². The molecule has 10 nitrogen and oxygen atoms in total. The Hall–Kier alpha value is -4.31. The van der Waals surface area contributed by atoms with Crippen LogP contribution in [0.15, 0.2) is 60.9 Å². The van der Waals surface area contributed by atoms with E-state index in [9.17, 15) is 14.7 Å². The molecule has 2 atom stereocenters. The largest absolute Gasteiger partial charge is 0.477 e. The van der Waals surface area contributed by atoms with E-state index < -0.39 is 5.97 Å². The number of amides is 1. The molecule has 0 aliphatic carbocycles. The van der Waals surface area contributed by atoms with Crippen molar-refractivity contribution in [1.82, 2.24) is 24.8 Å². The number of nitrogens with one attached hydrogen (secondary N) is 2. The molecular formula is C25H23N7O3. The molecular weight excluding hydrogens is 446 g/mol. The molecule has 2 aliphatic heterocycles. The molecule has 2 saturated heterocycles. The third-order valence-corrected chi connectivity index (χ3v) is 6.53. The summed E-state index contributed by atoms with van der Waals surface area (Å²) < 4.78 is 1.59. The monoisotopic (exact) mass is 469 g/mol. The third-order valence-electron chi connectivity index (χ3n) is 6.53. The average molecular weight is 470 g/mol. The van der Waals surface area contributed by atoms with Crippen molar-refractivity contribution < 1.29 is 14.7 Å². The van der Waals surface area contributed by atoms with Gasteiger partial charge >= 0.3 is 5.97 Å². The Bertz CT molecular complexity index is 1420. The molecule has 2 aliphatic rings. The molecule has 2 fully saturated rings. The number of pyridine rings is 1. The van der Waals surface area contributed by atoms with Gasteiger partial charge in [0.1, 0.15) is 11.5 Å². The van der Waals surface area contributed by atoms with Crippen LogP contribution in [0.1, 0.15) is 29.8 Å². The van der Waals surface area contributed by atoms with Gasteiger partial charge in [-0.1, -0.05) is 18.2 Å². The molecule has 1 aromatic carbocycles. The lowest BCUT2D eigenvalue weighted by molar-refractivity contribution is -0.118. The van der Waals surface area contributed by atoms with Crippen molar-refractivity contribution in [3.8, 4) is 5.69 Å². The molecule has 35 heavy (non-hydrogen) atoms. The van der Waals surface area contributed by atoms with Crippen molar-refractivity contribution in [3.05, 3.63) is 66.6 Å². The van der Waals surface area contributed by atoms with E-state index in [1.807, 2.05) is 36.4 Å². The quantitative estimate of drug-likeness (QED) is 0.407. The number of carboxylic acids is 1. The van der Waals surface area contributed by atoms with Crippen LogP contribution in [0.25, 0.3) is 16.7 Å². The lowest BCUT2D eigenvalue weighted by Crippen LogP contribution is -2.37. The van der Waals surface area contributed by atoms with E-state index >= 15 is 0 Å². The minimum Gasteiger partial charge on any atom is -0.477 e. The van der Waals surface area contributed by atoms with Crippen LogP contribution in [-0.4, -0.2) is 55.1 Å². The molecule has 4 aromatic rings. The van der Waals surface area contributed by atoms with Crippen LogP contribution >= 0.6 is 0 Å². The van der Waals surface area contributed by atoms with E-state index in [0.29, 0.717) is 41.5 Å². The number of hydrogen-bond acceptors (Lipinski definition) is 7. The number of carboxylic acid groups (broad SMARTS) is 1. The minimum atomic E-state index is -1.05. The molecule has 2 bridgehead atoms. The van der Waals surface area contributed by atoms with Crippen LogP contribution in [-0.2, 0) is 4.79 Å². The minimum absolute atomic E-state index is 0.102. The number of aromatic nitrogens is 4. The number of carbonyl (C=O) groups is 2. The maximum absolute atomic E-state index is 12.7. The molecule has 176 valence electrons. The number of nitrogens with zero attached hydrogens (tertiary/aromatic N) is 5. The standard InChI is InChI=1S/C25H23N7O3/c33-22-11-16-6-7-17(28-16)14-31(22)19-8-9-21(26-13-19)29-25-27-12-15-10-20(24(34)35)32(23(15)30-25)18-4-2-1-3-5-18/h1-5,8-10,12-13,16-17,28H,6-7,11,14H2,(H,34,35)(H,26,27,29,30). The summed E-state index contributed by atoms with van der Waals surface area (Å²) in [4.78, 5) is 39.7. The summed E-state index contributed by atoms with van der Waals surface area (Å²) in [6, 6.07) is 15.0. The van der Waals surface area contributed by atoms with Gasteiger partial charge in [0, 0.05) is 42.3 Å². The first-order valence-electron chi connectivity index (χ1n) is 11.5. The summed E-state index contributed by atoms with van der Waals surface area (Å²) in [6.45, 7) is 0.645. The Kier molecular flexibility index (Phi) is 5.14. The molecule has 0 saturated carbocycles. The van der Waals surface area contributed by atoms with E-state index in [-0.39, 0.29) is 23.6 Å². The van der Waals surface area contributed by atoms with Gasteiger partial charge < -0.3 is 20.6 Å². The summed E-state index contributed by atoms with van der Waals surface area (Å²) >= 11 is 0. The highest BCUT2D eigenvalue weighted by Crippen LogP contribution is 2.27. The Morgan fingerprint density at radius 1 is 1.03 bits per heavy atom. The first-order valence-corrected chi connectivity index (χ1v) is 11.5. The zero-order valence-corrected chi connectivity index (χ0v) is 18.8. The second-order valence-electron chi connectivity index (χ2n) is 8.85. The lowest BCUT2D eigenvalue weighted by Gasteiger charge is -2.24. The van der Waals surface area contributed by atoms with E-state index in [1.54, 1.807) is 34.0 Å². The van der Waals surface area contributed by atoms with Crippen LogP contribution in [0.5, 0.6) is 0 Å². The van der Waals surface area contributed by atoms with Gasteiger partial charge in [0.05, 0.1) is 11.9 Å². The first-order chi connectivity index (χ1) is 17.0. The van der Waals surface area contributed by atoms with Gasteiger partial charge in [-0.15, -0.1) is 0 Å². The number of hydrogen-bond donors (Lipinski definition) is 3.